The molecule has 0 aliphatic carbocycles. The molecule has 150 valence electrons. The molecular weight excluding hydrogens is 419 g/mol. The normalized spacial score (nSPS) is 10.8. The summed E-state index contributed by atoms with van der Waals surface area (Å²) in [6.45, 7) is 2.28. The van der Waals surface area contributed by atoms with E-state index in [0.717, 1.165) is 22.4 Å². The number of rotatable bonds is 5. The quantitative estimate of drug-likeness (QED) is 0.450. The first-order valence-electron chi connectivity index (χ1n) is 9.33. The monoisotopic (exact) mass is 436 g/mol. The zero-order valence-corrected chi connectivity index (χ0v) is 17.7. The largest absolute Gasteiger partial charge is 0.345 e. The lowest BCUT2D eigenvalue weighted by Gasteiger charge is -2.10. The highest BCUT2D eigenvalue weighted by Crippen LogP contribution is 2.28. The molecule has 1 aromatic heterocycles. The number of amides is 1. The number of nitrogens with zero attached hydrogens (tertiary/aromatic N) is 3. The van der Waals surface area contributed by atoms with Crippen LogP contribution in [0.4, 0.5) is 0 Å². The lowest BCUT2D eigenvalue weighted by Crippen LogP contribution is -2.24. The van der Waals surface area contributed by atoms with E-state index in [0.29, 0.717) is 22.4 Å². The van der Waals surface area contributed by atoms with Gasteiger partial charge < -0.3 is 5.32 Å². The highest BCUT2D eigenvalue weighted by atomic mass is 35.5. The van der Waals surface area contributed by atoms with Crippen molar-refractivity contribution in [2.45, 2.75) is 13.5 Å². The lowest BCUT2D eigenvalue weighted by atomic mass is 10.1. The van der Waals surface area contributed by atoms with Gasteiger partial charge in [0.05, 0.1) is 5.69 Å². The van der Waals surface area contributed by atoms with Crippen LogP contribution in [0.15, 0.2) is 72.8 Å². The van der Waals surface area contributed by atoms with Gasteiger partial charge in [-0.25, -0.2) is 9.67 Å². The summed E-state index contributed by atoms with van der Waals surface area (Å²) in [5.74, 6) is 0.216. The van der Waals surface area contributed by atoms with Gasteiger partial charge in [-0.05, 0) is 42.3 Å². The van der Waals surface area contributed by atoms with E-state index in [1.165, 1.54) is 0 Å². The summed E-state index contributed by atoms with van der Waals surface area (Å²) < 4.78 is 1.63. The number of halogens is 2. The Morgan fingerprint density at radius 1 is 1.00 bits per heavy atom. The molecule has 0 fully saturated rings. The van der Waals surface area contributed by atoms with E-state index < -0.39 is 0 Å². The minimum Gasteiger partial charge on any atom is -0.345 e. The molecule has 1 N–H and O–H groups in total. The summed E-state index contributed by atoms with van der Waals surface area (Å²) in [7, 11) is 0. The molecule has 30 heavy (non-hydrogen) atoms. The average molecular weight is 437 g/mol. The molecule has 0 unspecified atom stereocenters. The van der Waals surface area contributed by atoms with Gasteiger partial charge >= 0.3 is 0 Å². The van der Waals surface area contributed by atoms with E-state index in [1.54, 1.807) is 16.8 Å². The van der Waals surface area contributed by atoms with E-state index in [-0.39, 0.29) is 11.7 Å². The van der Waals surface area contributed by atoms with Crippen molar-refractivity contribution < 1.29 is 4.79 Å². The molecule has 0 saturated heterocycles. The fourth-order valence-electron chi connectivity index (χ4n) is 3.07. The Bertz CT molecular complexity index is 1210. The molecule has 4 aromatic rings. The maximum Gasteiger partial charge on any atom is 0.291 e. The summed E-state index contributed by atoms with van der Waals surface area (Å²) in [6, 6.07) is 22.5. The maximum absolute atomic E-state index is 12.8. The average Bonchev–Trinajstić information content (AvgIpc) is 3.20. The smallest absolute Gasteiger partial charge is 0.291 e. The Kier molecular flexibility index (Phi) is 5.84. The summed E-state index contributed by atoms with van der Waals surface area (Å²) in [4.78, 5) is 17.3. The van der Waals surface area contributed by atoms with E-state index in [9.17, 15) is 4.79 Å². The summed E-state index contributed by atoms with van der Waals surface area (Å²) in [5, 5.41) is 8.54. The third-order valence-electron chi connectivity index (χ3n) is 4.66. The number of carbonyl (C=O) groups is 1. The van der Waals surface area contributed by atoms with Crippen molar-refractivity contribution in [2.75, 3.05) is 0 Å². The van der Waals surface area contributed by atoms with Crippen molar-refractivity contribution >= 4 is 29.1 Å². The molecule has 3 aromatic carbocycles. The van der Waals surface area contributed by atoms with Crippen LogP contribution in [0.3, 0.4) is 0 Å². The number of nitrogens with one attached hydrogen (secondary N) is 1. The minimum atomic E-state index is -0.361. The molecule has 0 radical (unpaired) electrons. The molecule has 5 nitrogen and oxygen atoms in total. The molecule has 0 saturated carbocycles. The van der Waals surface area contributed by atoms with Crippen LogP contribution in [0.25, 0.3) is 17.1 Å². The number of aromatic nitrogens is 3. The van der Waals surface area contributed by atoms with Crippen molar-refractivity contribution in [2.24, 2.45) is 0 Å². The maximum atomic E-state index is 12.8. The Balaban J connectivity index is 1.74. The second-order valence-electron chi connectivity index (χ2n) is 6.73. The van der Waals surface area contributed by atoms with Crippen molar-refractivity contribution in [3.63, 3.8) is 0 Å². The molecular formula is C23H18Cl2N4O. The SMILES string of the molecule is Cc1c(Cl)cccc1-n1nc(C(=O)NCc2ccccc2)nc1-c1cccc(Cl)c1. The first-order valence-corrected chi connectivity index (χ1v) is 10.1. The predicted molar refractivity (Wildman–Crippen MR) is 119 cm³/mol. The predicted octanol–water partition coefficient (Wildman–Crippen LogP) is 5.48. The van der Waals surface area contributed by atoms with Crippen LogP contribution in [0.2, 0.25) is 10.0 Å². The van der Waals surface area contributed by atoms with Gasteiger partial charge in [-0.1, -0.05) is 71.7 Å². The second kappa shape index (κ2) is 8.69. The van der Waals surface area contributed by atoms with Crippen LogP contribution in [-0.4, -0.2) is 20.7 Å². The highest BCUT2D eigenvalue weighted by molar-refractivity contribution is 6.31. The summed E-state index contributed by atoms with van der Waals surface area (Å²) in [6.07, 6.45) is 0. The first-order chi connectivity index (χ1) is 14.5. The molecule has 0 spiro atoms. The second-order valence-corrected chi connectivity index (χ2v) is 7.58. The number of carbonyl (C=O) groups excluding carboxylic acids is 1. The summed E-state index contributed by atoms with van der Waals surface area (Å²) >= 11 is 12.5. The Morgan fingerprint density at radius 2 is 1.77 bits per heavy atom. The highest BCUT2D eigenvalue weighted by Gasteiger charge is 2.20. The molecule has 0 aliphatic rings. The van der Waals surface area contributed by atoms with Crippen LogP contribution in [0, 0.1) is 6.92 Å². The molecule has 1 heterocycles. The van der Waals surface area contributed by atoms with Gasteiger partial charge in [-0.3, -0.25) is 4.79 Å². The van der Waals surface area contributed by atoms with Gasteiger partial charge in [-0.2, -0.15) is 0 Å². The van der Waals surface area contributed by atoms with Crippen molar-refractivity contribution in [1.29, 1.82) is 0 Å². The van der Waals surface area contributed by atoms with Gasteiger partial charge in [0, 0.05) is 22.2 Å². The van der Waals surface area contributed by atoms with Gasteiger partial charge in [-0.15, -0.1) is 5.10 Å². The third kappa shape index (κ3) is 4.22. The Hall–Kier alpha value is -3.15. The molecule has 7 heteroatoms. The first kappa shape index (κ1) is 20.1. The molecule has 4 rings (SSSR count). The van der Waals surface area contributed by atoms with Crippen LogP contribution in [-0.2, 0) is 6.54 Å². The third-order valence-corrected chi connectivity index (χ3v) is 5.30. The van der Waals surface area contributed by atoms with Crippen LogP contribution in [0.1, 0.15) is 21.7 Å². The standard InChI is InChI=1S/C23H18Cl2N4O/c1-15-19(25)11-6-12-20(15)29-22(17-9-5-10-18(24)13-17)27-21(28-29)23(30)26-14-16-7-3-2-4-8-16/h2-13H,14H2,1H3,(H,26,30). The molecule has 0 atom stereocenters. The van der Waals surface area contributed by atoms with E-state index in [4.69, 9.17) is 23.2 Å². The topological polar surface area (TPSA) is 59.8 Å². The minimum absolute atomic E-state index is 0.0697. The van der Waals surface area contributed by atoms with Crippen molar-refractivity contribution in [3.05, 3.63) is 99.8 Å². The van der Waals surface area contributed by atoms with Gasteiger partial charge in [0.1, 0.15) is 0 Å². The number of hydrogen-bond donors (Lipinski definition) is 1. The number of hydrogen-bond acceptors (Lipinski definition) is 3. The zero-order chi connectivity index (χ0) is 21.1. The fraction of sp³-hybridized carbons (Fsp3) is 0.0870. The van der Waals surface area contributed by atoms with E-state index in [1.807, 2.05) is 67.6 Å². The molecule has 0 aliphatic heterocycles. The lowest BCUT2D eigenvalue weighted by molar-refractivity contribution is 0.0940. The van der Waals surface area contributed by atoms with Gasteiger partial charge in [0.2, 0.25) is 5.82 Å². The van der Waals surface area contributed by atoms with Gasteiger partial charge in [0.15, 0.2) is 5.82 Å². The Morgan fingerprint density at radius 3 is 2.53 bits per heavy atom. The van der Waals surface area contributed by atoms with Gasteiger partial charge in [0.25, 0.3) is 5.91 Å². The molecule has 1 amide bonds. The van der Waals surface area contributed by atoms with Crippen LogP contribution in [0.5, 0.6) is 0 Å². The van der Waals surface area contributed by atoms with Crippen LogP contribution < -0.4 is 5.32 Å². The zero-order valence-electron chi connectivity index (χ0n) is 16.1. The summed E-state index contributed by atoms with van der Waals surface area (Å²) in [5.41, 5.74) is 3.32. The van der Waals surface area contributed by atoms with E-state index in [2.05, 4.69) is 15.4 Å². The molecule has 0 bridgehead atoms. The van der Waals surface area contributed by atoms with Crippen molar-refractivity contribution in [3.8, 4) is 17.1 Å². The number of benzene rings is 3. The van der Waals surface area contributed by atoms with Crippen molar-refractivity contribution in [1.82, 2.24) is 20.1 Å². The Labute approximate surface area is 184 Å². The van der Waals surface area contributed by atoms with E-state index >= 15 is 0 Å². The fourth-order valence-corrected chi connectivity index (χ4v) is 3.43. The van der Waals surface area contributed by atoms with Crippen LogP contribution >= 0.6 is 23.2 Å².